The van der Waals surface area contributed by atoms with Gasteiger partial charge in [-0.15, -0.1) is 0 Å². The molecule has 2 aliphatic rings. The average molecular weight is 219 g/mol. The molecule has 0 bridgehead atoms. The maximum absolute atomic E-state index is 5.53. The fourth-order valence-corrected chi connectivity index (χ4v) is 2.73. The number of fused-ring (bicyclic) bond motifs is 3. The standard InChI is InChI=1S/C12H17N3O/c1-8-11-4-3-10-7-16-6-5-15(10)12(11)14-9(2)13-8/h10H,3-7H2,1-2H3. The van der Waals surface area contributed by atoms with Gasteiger partial charge in [0, 0.05) is 17.8 Å². The molecule has 2 aliphatic heterocycles. The van der Waals surface area contributed by atoms with E-state index in [-0.39, 0.29) is 0 Å². The molecule has 1 saturated heterocycles. The van der Waals surface area contributed by atoms with E-state index in [2.05, 4.69) is 21.8 Å². The zero-order chi connectivity index (χ0) is 11.1. The third-order valence-electron chi connectivity index (χ3n) is 3.53. The van der Waals surface area contributed by atoms with Crippen LogP contribution in [0.4, 0.5) is 5.82 Å². The fourth-order valence-electron chi connectivity index (χ4n) is 2.73. The van der Waals surface area contributed by atoms with Gasteiger partial charge in [0.05, 0.1) is 19.3 Å². The minimum atomic E-state index is 0.523. The van der Waals surface area contributed by atoms with Crippen molar-refractivity contribution in [1.82, 2.24) is 9.97 Å². The molecule has 1 aromatic heterocycles. The molecular weight excluding hydrogens is 202 g/mol. The lowest BCUT2D eigenvalue weighted by Gasteiger charge is -2.41. The van der Waals surface area contributed by atoms with Crippen LogP contribution >= 0.6 is 0 Å². The SMILES string of the molecule is Cc1nc(C)c2c(n1)N1CCOCC1CC2. The first-order valence-electron chi connectivity index (χ1n) is 5.94. The van der Waals surface area contributed by atoms with Gasteiger partial charge in [0.25, 0.3) is 0 Å². The molecule has 4 nitrogen and oxygen atoms in total. The van der Waals surface area contributed by atoms with Gasteiger partial charge in [0.15, 0.2) is 0 Å². The average Bonchev–Trinajstić information content (AvgIpc) is 2.28. The minimum Gasteiger partial charge on any atom is -0.377 e. The van der Waals surface area contributed by atoms with Crippen LogP contribution in [-0.4, -0.2) is 35.8 Å². The first-order chi connectivity index (χ1) is 7.75. The summed E-state index contributed by atoms with van der Waals surface area (Å²) >= 11 is 0. The highest BCUT2D eigenvalue weighted by atomic mass is 16.5. The number of morpholine rings is 1. The summed E-state index contributed by atoms with van der Waals surface area (Å²) in [5.74, 6) is 2.04. The molecule has 1 aromatic rings. The summed E-state index contributed by atoms with van der Waals surface area (Å²) in [6.45, 7) is 6.69. The summed E-state index contributed by atoms with van der Waals surface area (Å²) in [6, 6.07) is 0.523. The monoisotopic (exact) mass is 219 g/mol. The maximum Gasteiger partial charge on any atom is 0.136 e. The van der Waals surface area contributed by atoms with Gasteiger partial charge in [-0.25, -0.2) is 9.97 Å². The molecule has 0 aliphatic carbocycles. The van der Waals surface area contributed by atoms with E-state index in [1.165, 1.54) is 12.0 Å². The predicted molar refractivity (Wildman–Crippen MR) is 61.8 cm³/mol. The first kappa shape index (κ1) is 10.0. The van der Waals surface area contributed by atoms with E-state index in [4.69, 9.17) is 4.74 Å². The quantitative estimate of drug-likeness (QED) is 0.658. The summed E-state index contributed by atoms with van der Waals surface area (Å²) in [4.78, 5) is 11.5. The van der Waals surface area contributed by atoms with E-state index in [1.54, 1.807) is 0 Å². The second kappa shape index (κ2) is 3.70. The van der Waals surface area contributed by atoms with Crippen molar-refractivity contribution in [3.8, 4) is 0 Å². The van der Waals surface area contributed by atoms with E-state index in [0.717, 1.165) is 43.5 Å². The third kappa shape index (κ3) is 1.48. The molecule has 1 atom stereocenters. The van der Waals surface area contributed by atoms with Crippen molar-refractivity contribution < 1.29 is 4.74 Å². The van der Waals surface area contributed by atoms with Crippen LogP contribution in [-0.2, 0) is 11.2 Å². The highest BCUT2D eigenvalue weighted by Crippen LogP contribution is 2.31. The van der Waals surface area contributed by atoms with Gasteiger partial charge < -0.3 is 9.64 Å². The molecular formula is C12H17N3O. The van der Waals surface area contributed by atoms with Crippen molar-refractivity contribution in [2.75, 3.05) is 24.7 Å². The van der Waals surface area contributed by atoms with Gasteiger partial charge >= 0.3 is 0 Å². The van der Waals surface area contributed by atoms with Crippen LogP contribution in [0, 0.1) is 13.8 Å². The van der Waals surface area contributed by atoms with Crippen molar-refractivity contribution in [1.29, 1.82) is 0 Å². The van der Waals surface area contributed by atoms with Crippen LogP contribution in [0.25, 0.3) is 0 Å². The Hall–Kier alpha value is -1.16. The molecule has 4 heteroatoms. The van der Waals surface area contributed by atoms with Gasteiger partial charge in [-0.2, -0.15) is 0 Å². The van der Waals surface area contributed by atoms with Crippen LogP contribution in [0.3, 0.4) is 0 Å². The third-order valence-corrected chi connectivity index (χ3v) is 3.53. The molecule has 0 amide bonds. The molecule has 0 N–H and O–H groups in total. The van der Waals surface area contributed by atoms with Gasteiger partial charge in [-0.1, -0.05) is 0 Å². The molecule has 3 rings (SSSR count). The topological polar surface area (TPSA) is 38.2 Å². The smallest absolute Gasteiger partial charge is 0.136 e. The Balaban J connectivity index is 2.06. The molecule has 86 valence electrons. The summed E-state index contributed by atoms with van der Waals surface area (Å²) in [6.07, 6.45) is 2.26. The van der Waals surface area contributed by atoms with Crippen LogP contribution in [0.1, 0.15) is 23.5 Å². The minimum absolute atomic E-state index is 0.523. The normalized spacial score (nSPS) is 23.9. The van der Waals surface area contributed by atoms with Gasteiger partial charge in [-0.05, 0) is 26.7 Å². The molecule has 16 heavy (non-hydrogen) atoms. The second-order valence-corrected chi connectivity index (χ2v) is 4.62. The van der Waals surface area contributed by atoms with Crippen molar-refractivity contribution in [2.45, 2.75) is 32.7 Å². The van der Waals surface area contributed by atoms with Crippen molar-refractivity contribution in [3.63, 3.8) is 0 Å². The molecule has 3 heterocycles. The van der Waals surface area contributed by atoms with Crippen LogP contribution in [0.2, 0.25) is 0 Å². The molecule has 0 radical (unpaired) electrons. The number of aromatic nitrogens is 2. The number of nitrogens with zero attached hydrogens (tertiary/aromatic N) is 3. The van der Waals surface area contributed by atoms with Crippen molar-refractivity contribution >= 4 is 5.82 Å². The van der Waals surface area contributed by atoms with E-state index in [1.807, 2.05) is 6.92 Å². The lowest BCUT2D eigenvalue weighted by molar-refractivity contribution is 0.0890. The Morgan fingerprint density at radius 3 is 3.06 bits per heavy atom. The number of rotatable bonds is 0. The molecule has 0 spiro atoms. The van der Waals surface area contributed by atoms with E-state index in [9.17, 15) is 0 Å². The summed E-state index contributed by atoms with van der Waals surface area (Å²) in [7, 11) is 0. The zero-order valence-corrected chi connectivity index (χ0v) is 9.86. The largest absolute Gasteiger partial charge is 0.377 e. The van der Waals surface area contributed by atoms with Crippen LogP contribution in [0.5, 0.6) is 0 Å². The number of hydrogen-bond acceptors (Lipinski definition) is 4. The Kier molecular flexibility index (Phi) is 2.32. The Labute approximate surface area is 95.7 Å². The van der Waals surface area contributed by atoms with Crippen molar-refractivity contribution in [2.24, 2.45) is 0 Å². The highest BCUT2D eigenvalue weighted by Gasteiger charge is 2.31. The van der Waals surface area contributed by atoms with E-state index >= 15 is 0 Å². The summed E-state index contributed by atoms with van der Waals surface area (Å²) in [5, 5.41) is 0. The fraction of sp³-hybridized carbons (Fsp3) is 0.667. The predicted octanol–water partition coefficient (Wildman–Crippen LogP) is 1.24. The van der Waals surface area contributed by atoms with E-state index < -0.39 is 0 Å². The Morgan fingerprint density at radius 1 is 1.31 bits per heavy atom. The molecule has 1 fully saturated rings. The molecule has 0 aromatic carbocycles. The lowest BCUT2D eigenvalue weighted by Crippen LogP contribution is -2.49. The summed E-state index contributed by atoms with van der Waals surface area (Å²) < 4.78 is 5.53. The number of ether oxygens (including phenoxy) is 1. The Morgan fingerprint density at radius 2 is 2.19 bits per heavy atom. The Bertz CT molecular complexity index is 419. The van der Waals surface area contributed by atoms with Crippen LogP contribution in [0.15, 0.2) is 0 Å². The van der Waals surface area contributed by atoms with E-state index in [0.29, 0.717) is 6.04 Å². The highest BCUT2D eigenvalue weighted by molar-refractivity contribution is 5.52. The number of anilines is 1. The number of hydrogen-bond donors (Lipinski definition) is 0. The summed E-state index contributed by atoms with van der Waals surface area (Å²) in [5.41, 5.74) is 2.48. The van der Waals surface area contributed by atoms with Crippen LogP contribution < -0.4 is 4.90 Å². The lowest BCUT2D eigenvalue weighted by atomic mass is 9.97. The maximum atomic E-state index is 5.53. The first-order valence-corrected chi connectivity index (χ1v) is 5.94. The van der Waals surface area contributed by atoms with Crippen molar-refractivity contribution in [3.05, 3.63) is 17.1 Å². The van der Waals surface area contributed by atoms with Gasteiger partial charge in [0.1, 0.15) is 11.6 Å². The van der Waals surface area contributed by atoms with Gasteiger partial charge in [0.2, 0.25) is 0 Å². The molecule has 0 saturated carbocycles. The molecule has 1 unspecified atom stereocenters. The van der Waals surface area contributed by atoms with Gasteiger partial charge in [-0.3, -0.25) is 0 Å². The second-order valence-electron chi connectivity index (χ2n) is 4.62. The number of aryl methyl sites for hydroxylation is 2. The zero-order valence-electron chi connectivity index (χ0n) is 9.86.